The minimum Gasteiger partial charge on any atom is -0.444 e. The first-order valence-corrected chi connectivity index (χ1v) is 5.96. The number of alkyl carbamates (subject to hydrolysis) is 1. The molecule has 17 heavy (non-hydrogen) atoms. The summed E-state index contributed by atoms with van der Waals surface area (Å²) in [6.07, 6.45) is 3.30. The standard InChI is InChI=1S/C11H20N4O2/c1-11(2,3)17-10(16)13-8-6-4-5-7-9(8)14-15-12/h8-9H,4-7H2,1-3H3,(H,13,16)/t8-,9-/m0/s1. The highest BCUT2D eigenvalue weighted by Crippen LogP contribution is 2.22. The van der Waals surface area contributed by atoms with Gasteiger partial charge >= 0.3 is 6.09 Å². The summed E-state index contributed by atoms with van der Waals surface area (Å²) in [5, 5.41) is 6.51. The molecule has 1 amide bonds. The van der Waals surface area contributed by atoms with E-state index in [1.807, 2.05) is 20.8 Å². The SMILES string of the molecule is CC(C)(C)OC(=O)N[C@H]1CCCC[C@@H]1N=[N+]=[N-]. The van der Waals surface area contributed by atoms with Gasteiger partial charge in [0.15, 0.2) is 0 Å². The fourth-order valence-electron chi connectivity index (χ4n) is 1.94. The van der Waals surface area contributed by atoms with E-state index in [9.17, 15) is 4.79 Å². The van der Waals surface area contributed by atoms with E-state index in [-0.39, 0.29) is 12.1 Å². The van der Waals surface area contributed by atoms with Gasteiger partial charge in [-0.05, 0) is 39.1 Å². The third kappa shape index (κ3) is 4.95. The first-order valence-electron chi connectivity index (χ1n) is 5.96. The minimum absolute atomic E-state index is 0.102. The van der Waals surface area contributed by atoms with Gasteiger partial charge in [0.1, 0.15) is 5.60 Å². The maximum Gasteiger partial charge on any atom is 0.407 e. The molecule has 1 aliphatic rings. The van der Waals surface area contributed by atoms with Crippen LogP contribution in [0.2, 0.25) is 0 Å². The van der Waals surface area contributed by atoms with Gasteiger partial charge in [-0.15, -0.1) is 0 Å². The fourth-order valence-corrected chi connectivity index (χ4v) is 1.94. The van der Waals surface area contributed by atoms with Crippen molar-refractivity contribution in [1.29, 1.82) is 0 Å². The molecular weight excluding hydrogens is 220 g/mol. The lowest BCUT2D eigenvalue weighted by molar-refractivity contribution is 0.0486. The molecule has 0 heterocycles. The molecule has 6 nitrogen and oxygen atoms in total. The van der Waals surface area contributed by atoms with Crippen LogP contribution >= 0.6 is 0 Å². The number of hydrogen-bond donors (Lipinski definition) is 1. The zero-order valence-electron chi connectivity index (χ0n) is 10.6. The number of rotatable bonds is 2. The van der Waals surface area contributed by atoms with Crippen LogP contribution in [0.5, 0.6) is 0 Å². The molecule has 0 aromatic rings. The monoisotopic (exact) mass is 240 g/mol. The summed E-state index contributed by atoms with van der Waals surface area (Å²) in [6.45, 7) is 5.45. The Bertz CT molecular complexity index is 318. The number of amides is 1. The Morgan fingerprint density at radius 1 is 1.41 bits per heavy atom. The lowest BCUT2D eigenvalue weighted by atomic mass is 9.91. The highest BCUT2D eigenvalue weighted by molar-refractivity contribution is 5.68. The molecule has 0 aromatic heterocycles. The molecule has 0 aromatic carbocycles. The Labute approximate surface area is 101 Å². The molecule has 0 unspecified atom stereocenters. The van der Waals surface area contributed by atoms with Crippen LogP contribution in [0.3, 0.4) is 0 Å². The topological polar surface area (TPSA) is 87.1 Å². The van der Waals surface area contributed by atoms with Crippen LogP contribution in [-0.4, -0.2) is 23.8 Å². The zero-order chi connectivity index (χ0) is 12.9. The summed E-state index contributed by atoms with van der Waals surface area (Å²) in [6, 6.07) is -0.254. The second kappa shape index (κ2) is 5.77. The lowest BCUT2D eigenvalue weighted by Crippen LogP contribution is -2.46. The van der Waals surface area contributed by atoms with Crippen molar-refractivity contribution in [2.75, 3.05) is 0 Å². The Kier molecular flexibility index (Phi) is 4.63. The van der Waals surface area contributed by atoms with Gasteiger partial charge in [-0.1, -0.05) is 18.0 Å². The van der Waals surface area contributed by atoms with E-state index in [0.29, 0.717) is 0 Å². The second-order valence-corrected chi connectivity index (χ2v) is 5.31. The summed E-state index contributed by atoms with van der Waals surface area (Å²) in [4.78, 5) is 14.4. The van der Waals surface area contributed by atoms with Crippen molar-refractivity contribution < 1.29 is 9.53 Å². The largest absolute Gasteiger partial charge is 0.444 e. The molecule has 1 aliphatic carbocycles. The molecule has 2 atom stereocenters. The Morgan fingerprint density at radius 2 is 2.06 bits per heavy atom. The van der Waals surface area contributed by atoms with Crippen LogP contribution in [0.15, 0.2) is 5.11 Å². The first kappa shape index (κ1) is 13.6. The van der Waals surface area contributed by atoms with Crippen molar-refractivity contribution in [2.24, 2.45) is 5.11 Å². The van der Waals surface area contributed by atoms with Crippen LogP contribution < -0.4 is 5.32 Å². The van der Waals surface area contributed by atoms with E-state index >= 15 is 0 Å². The molecule has 1 saturated carbocycles. The Balaban J connectivity index is 2.53. The van der Waals surface area contributed by atoms with Gasteiger partial charge in [0.05, 0.1) is 6.04 Å². The van der Waals surface area contributed by atoms with Gasteiger partial charge in [-0.25, -0.2) is 4.79 Å². The lowest BCUT2D eigenvalue weighted by Gasteiger charge is -2.30. The van der Waals surface area contributed by atoms with Gasteiger partial charge < -0.3 is 10.1 Å². The van der Waals surface area contributed by atoms with Crippen molar-refractivity contribution in [3.63, 3.8) is 0 Å². The molecule has 1 fully saturated rings. The third-order valence-corrected chi connectivity index (χ3v) is 2.63. The summed E-state index contributed by atoms with van der Waals surface area (Å²) in [7, 11) is 0. The normalized spacial score (nSPS) is 24.6. The Hall–Kier alpha value is -1.42. The summed E-state index contributed by atoms with van der Waals surface area (Å²) in [5.74, 6) is 0. The number of carbonyl (C=O) groups is 1. The van der Waals surface area contributed by atoms with Crippen molar-refractivity contribution in [3.8, 4) is 0 Å². The quantitative estimate of drug-likeness (QED) is 0.456. The zero-order valence-corrected chi connectivity index (χ0v) is 10.6. The average Bonchev–Trinajstić information content (AvgIpc) is 2.18. The van der Waals surface area contributed by atoms with Gasteiger partial charge in [0.2, 0.25) is 0 Å². The molecular formula is C11H20N4O2. The fraction of sp³-hybridized carbons (Fsp3) is 0.909. The molecule has 96 valence electrons. The van der Waals surface area contributed by atoms with E-state index in [4.69, 9.17) is 10.3 Å². The van der Waals surface area contributed by atoms with E-state index < -0.39 is 11.7 Å². The second-order valence-electron chi connectivity index (χ2n) is 5.31. The van der Waals surface area contributed by atoms with Crippen molar-refractivity contribution in [1.82, 2.24) is 5.32 Å². The van der Waals surface area contributed by atoms with E-state index in [1.54, 1.807) is 0 Å². The van der Waals surface area contributed by atoms with Crippen molar-refractivity contribution >= 4 is 6.09 Å². The van der Waals surface area contributed by atoms with Gasteiger partial charge in [-0.2, -0.15) is 0 Å². The molecule has 0 saturated heterocycles. The van der Waals surface area contributed by atoms with Crippen molar-refractivity contribution in [3.05, 3.63) is 10.4 Å². The molecule has 6 heteroatoms. The summed E-state index contributed by atoms with van der Waals surface area (Å²) < 4.78 is 5.18. The number of ether oxygens (including phenoxy) is 1. The Morgan fingerprint density at radius 3 is 2.65 bits per heavy atom. The van der Waals surface area contributed by atoms with Gasteiger partial charge in [0.25, 0.3) is 0 Å². The van der Waals surface area contributed by atoms with E-state index in [2.05, 4.69) is 15.3 Å². The predicted octanol–water partition coefficient (Wildman–Crippen LogP) is 3.13. The molecule has 0 aliphatic heterocycles. The third-order valence-electron chi connectivity index (χ3n) is 2.63. The summed E-state index contributed by atoms with van der Waals surface area (Å²) in [5.41, 5.74) is 7.96. The van der Waals surface area contributed by atoms with Crippen LogP contribution in [-0.2, 0) is 4.74 Å². The van der Waals surface area contributed by atoms with Crippen LogP contribution in [0.1, 0.15) is 46.5 Å². The van der Waals surface area contributed by atoms with Crippen LogP contribution in [0, 0.1) is 0 Å². The maximum atomic E-state index is 11.6. The number of azide groups is 1. The minimum atomic E-state index is -0.507. The highest BCUT2D eigenvalue weighted by atomic mass is 16.6. The van der Waals surface area contributed by atoms with E-state index in [1.165, 1.54) is 0 Å². The maximum absolute atomic E-state index is 11.6. The molecule has 1 N–H and O–H groups in total. The first-order chi connectivity index (χ1) is 7.92. The number of carbonyl (C=O) groups excluding carboxylic acids is 1. The molecule has 1 rings (SSSR count). The van der Waals surface area contributed by atoms with Gasteiger partial charge in [0, 0.05) is 11.0 Å². The van der Waals surface area contributed by atoms with Crippen molar-refractivity contribution in [2.45, 2.75) is 64.1 Å². The van der Waals surface area contributed by atoms with Crippen LogP contribution in [0.25, 0.3) is 10.4 Å². The molecule has 0 spiro atoms. The highest BCUT2D eigenvalue weighted by Gasteiger charge is 2.27. The summed E-state index contributed by atoms with van der Waals surface area (Å²) >= 11 is 0. The molecule has 0 bridgehead atoms. The van der Waals surface area contributed by atoms with Crippen LogP contribution in [0.4, 0.5) is 4.79 Å². The number of nitrogens with zero attached hydrogens (tertiary/aromatic N) is 3. The predicted molar refractivity (Wildman–Crippen MR) is 64.6 cm³/mol. The molecule has 0 radical (unpaired) electrons. The average molecular weight is 240 g/mol. The number of hydrogen-bond acceptors (Lipinski definition) is 3. The van der Waals surface area contributed by atoms with E-state index in [0.717, 1.165) is 25.7 Å². The number of nitrogens with one attached hydrogen (secondary N) is 1. The smallest absolute Gasteiger partial charge is 0.407 e. The van der Waals surface area contributed by atoms with Gasteiger partial charge in [-0.3, -0.25) is 0 Å².